The molecule has 5 nitrogen and oxygen atoms in total. The lowest BCUT2D eigenvalue weighted by atomic mass is 10.1. The van der Waals surface area contributed by atoms with Gasteiger partial charge >= 0.3 is 5.97 Å². The van der Waals surface area contributed by atoms with E-state index in [4.69, 9.17) is 16.7 Å². The van der Waals surface area contributed by atoms with E-state index < -0.39 is 5.97 Å². The zero-order valence-corrected chi connectivity index (χ0v) is 17.5. The first-order valence-corrected chi connectivity index (χ1v) is 10.3. The molecule has 0 aromatic heterocycles. The normalized spacial score (nSPS) is 12.6. The number of carboxylic acids is 1. The number of ketones is 1. The van der Waals surface area contributed by atoms with Gasteiger partial charge in [0.1, 0.15) is 0 Å². The Balaban J connectivity index is 1.90. The number of carboxylic acid groups (broad SMARTS) is 1. The van der Waals surface area contributed by atoms with Crippen LogP contribution in [-0.4, -0.2) is 48.9 Å². The van der Waals surface area contributed by atoms with Gasteiger partial charge < -0.3 is 14.9 Å². The predicted molar refractivity (Wildman–Crippen MR) is 113 cm³/mol. The van der Waals surface area contributed by atoms with Gasteiger partial charge in [0.15, 0.2) is 5.78 Å². The van der Waals surface area contributed by atoms with Gasteiger partial charge in [-0.3, -0.25) is 9.59 Å². The molecule has 1 aliphatic heterocycles. The Labute approximate surface area is 174 Å². The lowest BCUT2D eigenvalue weighted by molar-refractivity contribution is -0.136. The minimum absolute atomic E-state index is 0.0114. The molecule has 2 aromatic carbocycles. The SMILES string of the molecule is CN(C)CCCN1c2ccc(C(=O)CCC(=O)O)cc2Sc2ccc(Cl)cc21. The quantitative estimate of drug-likeness (QED) is 0.612. The van der Waals surface area contributed by atoms with Crippen LogP contribution in [0.2, 0.25) is 5.02 Å². The molecule has 1 N–H and O–H groups in total. The summed E-state index contributed by atoms with van der Waals surface area (Å²) in [7, 11) is 4.11. The number of hydrogen-bond acceptors (Lipinski definition) is 5. The highest BCUT2D eigenvalue weighted by Crippen LogP contribution is 2.49. The van der Waals surface area contributed by atoms with Crippen LogP contribution in [0, 0.1) is 0 Å². The molecule has 0 aliphatic carbocycles. The maximum atomic E-state index is 12.3. The third-order valence-corrected chi connectivity index (χ3v) is 5.90. The zero-order chi connectivity index (χ0) is 20.3. The van der Waals surface area contributed by atoms with Crippen molar-refractivity contribution < 1.29 is 14.7 Å². The van der Waals surface area contributed by atoms with Crippen LogP contribution in [0.25, 0.3) is 0 Å². The monoisotopic (exact) mass is 418 g/mol. The number of benzene rings is 2. The van der Waals surface area contributed by atoms with Crippen LogP contribution in [0.4, 0.5) is 11.4 Å². The van der Waals surface area contributed by atoms with Crippen LogP contribution < -0.4 is 4.90 Å². The predicted octanol–water partition coefficient (Wildman–Crippen LogP) is 4.94. The molecule has 0 saturated heterocycles. The molecule has 0 amide bonds. The third-order valence-electron chi connectivity index (χ3n) is 4.56. The van der Waals surface area contributed by atoms with E-state index in [0.29, 0.717) is 10.6 Å². The van der Waals surface area contributed by atoms with Crippen molar-refractivity contribution in [2.24, 2.45) is 0 Å². The second-order valence-electron chi connectivity index (χ2n) is 7.02. The van der Waals surface area contributed by atoms with E-state index in [1.54, 1.807) is 17.8 Å². The lowest BCUT2D eigenvalue weighted by Gasteiger charge is -2.33. The van der Waals surface area contributed by atoms with E-state index in [9.17, 15) is 9.59 Å². The van der Waals surface area contributed by atoms with Crippen molar-refractivity contribution in [2.45, 2.75) is 29.1 Å². The molecular formula is C21H23ClN2O3S. The lowest BCUT2D eigenvalue weighted by Crippen LogP contribution is -2.25. The van der Waals surface area contributed by atoms with E-state index in [1.807, 2.05) is 30.3 Å². The third kappa shape index (κ3) is 4.87. The van der Waals surface area contributed by atoms with Gasteiger partial charge in [-0.1, -0.05) is 23.4 Å². The highest BCUT2D eigenvalue weighted by Gasteiger charge is 2.24. The molecule has 0 radical (unpaired) electrons. The molecule has 3 rings (SSSR count). The van der Waals surface area contributed by atoms with Crippen molar-refractivity contribution in [2.75, 3.05) is 32.1 Å². The minimum atomic E-state index is -0.960. The molecule has 0 atom stereocenters. The first kappa shape index (κ1) is 20.7. The number of fused-ring (bicyclic) bond motifs is 2. The van der Waals surface area contributed by atoms with Gasteiger partial charge in [0.05, 0.1) is 17.8 Å². The van der Waals surface area contributed by atoms with Gasteiger partial charge in [0.25, 0.3) is 0 Å². The molecule has 28 heavy (non-hydrogen) atoms. The number of aliphatic carboxylic acids is 1. The van der Waals surface area contributed by atoms with Crippen LogP contribution >= 0.6 is 23.4 Å². The Morgan fingerprint density at radius 1 is 1.07 bits per heavy atom. The van der Waals surface area contributed by atoms with Crippen LogP contribution in [-0.2, 0) is 4.79 Å². The van der Waals surface area contributed by atoms with Crippen molar-refractivity contribution in [1.29, 1.82) is 0 Å². The number of halogens is 1. The summed E-state index contributed by atoms with van der Waals surface area (Å²) in [6, 6.07) is 11.5. The number of anilines is 2. The van der Waals surface area contributed by atoms with Crippen molar-refractivity contribution in [1.82, 2.24) is 4.90 Å². The molecule has 7 heteroatoms. The molecule has 1 heterocycles. The maximum Gasteiger partial charge on any atom is 0.303 e. The van der Waals surface area contributed by atoms with E-state index >= 15 is 0 Å². The van der Waals surface area contributed by atoms with Gasteiger partial charge in [-0.05, 0) is 63.5 Å². The largest absolute Gasteiger partial charge is 0.481 e. The average molecular weight is 419 g/mol. The second-order valence-corrected chi connectivity index (χ2v) is 8.54. The fraction of sp³-hybridized carbons (Fsp3) is 0.333. The van der Waals surface area contributed by atoms with Gasteiger partial charge in [-0.2, -0.15) is 0 Å². The molecule has 148 valence electrons. The smallest absolute Gasteiger partial charge is 0.303 e. The molecule has 1 aliphatic rings. The molecule has 0 bridgehead atoms. The summed E-state index contributed by atoms with van der Waals surface area (Å²) in [5, 5.41) is 9.51. The minimum Gasteiger partial charge on any atom is -0.481 e. The highest BCUT2D eigenvalue weighted by molar-refractivity contribution is 7.99. The molecular weight excluding hydrogens is 396 g/mol. The van der Waals surface area contributed by atoms with E-state index in [0.717, 1.165) is 40.7 Å². The van der Waals surface area contributed by atoms with Gasteiger partial charge in [0.2, 0.25) is 0 Å². The standard InChI is InChI=1S/C21H23ClN2O3S/c1-23(2)10-3-11-24-16-6-4-14(18(25)7-9-21(26)27)12-20(16)28-19-8-5-15(22)13-17(19)24/h4-6,8,12-13H,3,7,9-11H2,1-2H3,(H,26,27). The van der Waals surface area contributed by atoms with Crippen LogP contribution in [0.15, 0.2) is 46.2 Å². The highest BCUT2D eigenvalue weighted by atomic mass is 35.5. The second kappa shape index (κ2) is 8.99. The maximum absolute atomic E-state index is 12.3. The molecule has 0 saturated carbocycles. The van der Waals surface area contributed by atoms with Gasteiger partial charge in [-0.25, -0.2) is 0 Å². The molecule has 0 spiro atoms. The van der Waals surface area contributed by atoms with Crippen molar-refractivity contribution in [3.63, 3.8) is 0 Å². The van der Waals surface area contributed by atoms with Crippen LogP contribution in [0.5, 0.6) is 0 Å². The Morgan fingerprint density at radius 3 is 2.57 bits per heavy atom. The first-order valence-electron chi connectivity index (χ1n) is 9.14. The number of carbonyl (C=O) groups excluding carboxylic acids is 1. The number of Topliss-reactive ketones (excluding diaryl/α,β-unsaturated/α-hetero) is 1. The Bertz CT molecular complexity index is 901. The van der Waals surface area contributed by atoms with Crippen LogP contribution in [0.1, 0.15) is 29.6 Å². The van der Waals surface area contributed by atoms with Gasteiger partial charge in [-0.15, -0.1) is 0 Å². The average Bonchev–Trinajstić information content (AvgIpc) is 2.65. The number of rotatable bonds is 8. The van der Waals surface area contributed by atoms with E-state index in [1.165, 1.54) is 0 Å². The fourth-order valence-electron chi connectivity index (χ4n) is 3.18. The summed E-state index contributed by atoms with van der Waals surface area (Å²) in [6.45, 7) is 1.81. The number of nitrogens with zero attached hydrogens (tertiary/aromatic N) is 2. The van der Waals surface area contributed by atoms with Crippen molar-refractivity contribution in [3.05, 3.63) is 47.0 Å². The van der Waals surface area contributed by atoms with E-state index in [2.05, 4.69) is 23.9 Å². The Kier molecular flexibility index (Phi) is 6.65. The zero-order valence-electron chi connectivity index (χ0n) is 15.9. The fourth-order valence-corrected chi connectivity index (χ4v) is 4.46. The van der Waals surface area contributed by atoms with Crippen molar-refractivity contribution in [3.8, 4) is 0 Å². The van der Waals surface area contributed by atoms with E-state index in [-0.39, 0.29) is 18.6 Å². The van der Waals surface area contributed by atoms with Gasteiger partial charge in [0, 0.05) is 33.3 Å². The summed E-state index contributed by atoms with van der Waals surface area (Å²) in [5.74, 6) is -1.11. The summed E-state index contributed by atoms with van der Waals surface area (Å²) in [6.07, 6.45) is 0.848. The topological polar surface area (TPSA) is 60.9 Å². The van der Waals surface area contributed by atoms with Crippen LogP contribution in [0.3, 0.4) is 0 Å². The summed E-state index contributed by atoms with van der Waals surface area (Å²) < 4.78 is 0. The Hall–Kier alpha value is -2.02. The summed E-state index contributed by atoms with van der Waals surface area (Å²) in [5.41, 5.74) is 2.68. The Morgan fingerprint density at radius 2 is 1.86 bits per heavy atom. The summed E-state index contributed by atoms with van der Waals surface area (Å²) >= 11 is 7.86. The van der Waals surface area contributed by atoms with Crippen molar-refractivity contribution >= 4 is 46.5 Å². The first-order chi connectivity index (χ1) is 13.3. The summed E-state index contributed by atoms with van der Waals surface area (Å²) in [4.78, 5) is 29.6. The molecule has 0 fully saturated rings. The molecule has 0 unspecified atom stereocenters. The number of carbonyl (C=O) groups is 2. The molecule has 2 aromatic rings. The number of hydrogen-bond donors (Lipinski definition) is 1.